The number of nitrogens with zero attached hydrogens (tertiary/aromatic N) is 3. The van der Waals surface area contributed by atoms with E-state index in [0.717, 1.165) is 17.0 Å². The van der Waals surface area contributed by atoms with Crippen LogP contribution in [0.3, 0.4) is 0 Å². The van der Waals surface area contributed by atoms with Gasteiger partial charge in [0.15, 0.2) is 0 Å². The highest BCUT2D eigenvalue weighted by Gasteiger charge is 2.20. The molecule has 116 valence electrons. The predicted molar refractivity (Wildman–Crippen MR) is 89.7 cm³/mol. The van der Waals surface area contributed by atoms with E-state index in [2.05, 4.69) is 15.3 Å². The van der Waals surface area contributed by atoms with Crippen molar-refractivity contribution in [2.75, 3.05) is 12.8 Å². The summed E-state index contributed by atoms with van der Waals surface area (Å²) in [6.45, 7) is 0. The normalized spacial score (nSPS) is 10.5. The third kappa shape index (κ3) is 2.66. The van der Waals surface area contributed by atoms with E-state index in [1.54, 1.807) is 19.3 Å². The summed E-state index contributed by atoms with van der Waals surface area (Å²) in [6.07, 6.45) is 1.60. The van der Waals surface area contributed by atoms with E-state index in [1.807, 2.05) is 48.0 Å². The summed E-state index contributed by atoms with van der Waals surface area (Å²) in [6, 6.07) is 13.4. The van der Waals surface area contributed by atoms with Crippen LogP contribution in [0.5, 0.6) is 0 Å². The number of rotatable bonds is 3. The number of nitrogen functional groups attached to an aromatic ring is 1. The molecule has 1 aromatic carbocycles. The number of carbonyl (C=O) groups excluding carboxylic acids is 1. The van der Waals surface area contributed by atoms with Crippen LogP contribution in [0.4, 0.5) is 5.95 Å². The second-order valence-corrected chi connectivity index (χ2v) is 5.10. The Bertz CT molecular complexity index is 855. The molecule has 23 heavy (non-hydrogen) atoms. The lowest BCUT2D eigenvalue weighted by Crippen LogP contribution is -2.18. The predicted octanol–water partition coefficient (Wildman–Crippen LogP) is 2.09. The van der Waals surface area contributed by atoms with Crippen molar-refractivity contribution in [3.63, 3.8) is 0 Å². The Morgan fingerprint density at radius 2 is 1.96 bits per heavy atom. The first-order chi connectivity index (χ1) is 11.1. The van der Waals surface area contributed by atoms with Gasteiger partial charge >= 0.3 is 0 Å². The lowest BCUT2D eigenvalue weighted by molar-refractivity contribution is 0.0964. The number of aromatic nitrogens is 3. The summed E-state index contributed by atoms with van der Waals surface area (Å²) >= 11 is 0. The first-order valence-electron chi connectivity index (χ1n) is 7.18. The van der Waals surface area contributed by atoms with Crippen molar-refractivity contribution >= 4 is 11.9 Å². The molecule has 0 radical (unpaired) electrons. The SMILES string of the molecule is CNC(=O)c1cc(-c2ccnc(N)n2)n(C)c1-c1ccccc1. The topological polar surface area (TPSA) is 85.8 Å². The van der Waals surface area contributed by atoms with Crippen LogP contribution in [0.25, 0.3) is 22.6 Å². The average Bonchev–Trinajstić information content (AvgIpc) is 2.92. The van der Waals surface area contributed by atoms with Gasteiger partial charge < -0.3 is 15.6 Å². The number of anilines is 1. The van der Waals surface area contributed by atoms with Gasteiger partial charge in [-0.1, -0.05) is 30.3 Å². The maximum atomic E-state index is 12.3. The van der Waals surface area contributed by atoms with Crippen LogP contribution < -0.4 is 11.1 Å². The van der Waals surface area contributed by atoms with Crippen LogP contribution in [0, 0.1) is 0 Å². The lowest BCUT2D eigenvalue weighted by Gasteiger charge is -2.09. The second-order valence-electron chi connectivity index (χ2n) is 5.10. The smallest absolute Gasteiger partial charge is 0.253 e. The summed E-state index contributed by atoms with van der Waals surface area (Å²) < 4.78 is 1.95. The van der Waals surface area contributed by atoms with E-state index in [-0.39, 0.29) is 11.9 Å². The highest BCUT2D eigenvalue weighted by atomic mass is 16.1. The molecule has 6 heteroatoms. The van der Waals surface area contributed by atoms with Crippen LogP contribution >= 0.6 is 0 Å². The molecule has 3 N–H and O–H groups in total. The molecule has 0 spiro atoms. The fourth-order valence-electron chi connectivity index (χ4n) is 2.62. The van der Waals surface area contributed by atoms with Gasteiger partial charge in [-0.2, -0.15) is 0 Å². The molecule has 2 aromatic heterocycles. The highest BCUT2D eigenvalue weighted by molar-refractivity contribution is 6.01. The number of nitrogens with one attached hydrogen (secondary N) is 1. The monoisotopic (exact) mass is 307 g/mol. The largest absolute Gasteiger partial charge is 0.368 e. The van der Waals surface area contributed by atoms with E-state index >= 15 is 0 Å². The Kier molecular flexibility index (Phi) is 3.80. The van der Waals surface area contributed by atoms with Crippen molar-refractivity contribution in [1.82, 2.24) is 19.9 Å². The van der Waals surface area contributed by atoms with Crippen LogP contribution in [0.1, 0.15) is 10.4 Å². The van der Waals surface area contributed by atoms with Crippen LogP contribution in [-0.4, -0.2) is 27.5 Å². The van der Waals surface area contributed by atoms with Gasteiger partial charge in [-0.15, -0.1) is 0 Å². The minimum atomic E-state index is -0.146. The molecule has 0 aliphatic carbocycles. The Labute approximate surface area is 134 Å². The molecule has 0 fully saturated rings. The van der Waals surface area contributed by atoms with Gasteiger partial charge in [0.05, 0.1) is 22.6 Å². The summed E-state index contributed by atoms with van der Waals surface area (Å²) in [7, 11) is 3.52. The molecule has 0 atom stereocenters. The summed E-state index contributed by atoms with van der Waals surface area (Å²) in [5.41, 5.74) is 9.53. The zero-order valence-corrected chi connectivity index (χ0v) is 12.9. The maximum Gasteiger partial charge on any atom is 0.253 e. The van der Waals surface area contributed by atoms with Gasteiger partial charge in [0.2, 0.25) is 5.95 Å². The molecule has 3 aromatic rings. The van der Waals surface area contributed by atoms with E-state index in [0.29, 0.717) is 11.3 Å². The van der Waals surface area contributed by atoms with Crippen molar-refractivity contribution in [3.8, 4) is 22.6 Å². The van der Waals surface area contributed by atoms with Gasteiger partial charge in [-0.25, -0.2) is 9.97 Å². The van der Waals surface area contributed by atoms with Crippen molar-refractivity contribution in [3.05, 3.63) is 54.2 Å². The zero-order valence-electron chi connectivity index (χ0n) is 12.9. The Balaban J connectivity index is 2.24. The molecule has 0 unspecified atom stereocenters. The van der Waals surface area contributed by atoms with E-state index in [9.17, 15) is 4.79 Å². The minimum Gasteiger partial charge on any atom is -0.368 e. The molecule has 0 aliphatic rings. The third-order valence-electron chi connectivity index (χ3n) is 3.69. The van der Waals surface area contributed by atoms with Gasteiger partial charge in [-0.05, 0) is 17.7 Å². The highest BCUT2D eigenvalue weighted by Crippen LogP contribution is 2.31. The van der Waals surface area contributed by atoms with Crippen LogP contribution in [-0.2, 0) is 7.05 Å². The molecule has 0 saturated carbocycles. The molecule has 1 amide bonds. The Morgan fingerprint density at radius 3 is 2.61 bits per heavy atom. The quantitative estimate of drug-likeness (QED) is 0.776. The number of benzene rings is 1. The number of hydrogen-bond donors (Lipinski definition) is 2. The molecular weight excluding hydrogens is 290 g/mol. The number of hydrogen-bond acceptors (Lipinski definition) is 4. The standard InChI is InChI=1S/C17H17N5O/c1-19-16(23)12-10-14(13-8-9-20-17(18)21-13)22(2)15(12)11-6-4-3-5-7-11/h3-10H,1-2H3,(H,19,23)(H2,18,20,21). The molecule has 0 bridgehead atoms. The van der Waals surface area contributed by atoms with Gasteiger partial charge in [0.25, 0.3) is 5.91 Å². The molecular formula is C17H17N5O. The summed E-state index contributed by atoms with van der Waals surface area (Å²) in [5, 5.41) is 2.69. The van der Waals surface area contributed by atoms with Crippen molar-refractivity contribution in [1.29, 1.82) is 0 Å². The lowest BCUT2D eigenvalue weighted by atomic mass is 10.1. The number of amides is 1. The van der Waals surface area contributed by atoms with Gasteiger partial charge in [0.1, 0.15) is 0 Å². The average molecular weight is 307 g/mol. The molecule has 6 nitrogen and oxygen atoms in total. The minimum absolute atomic E-state index is 0.146. The molecule has 0 saturated heterocycles. The van der Waals surface area contributed by atoms with Gasteiger partial charge in [0, 0.05) is 20.3 Å². The van der Waals surface area contributed by atoms with E-state index in [1.165, 1.54) is 0 Å². The van der Waals surface area contributed by atoms with Crippen LogP contribution in [0.15, 0.2) is 48.7 Å². The second kappa shape index (κ2) is 5.92. The fourth-order valence-corrected chi connectivity index (χ4v) is 2.62. The summed E-state index contributed by atoms with van der Waals surface area (Å²) in [4.78, 5) is 20.5. The van der Waals surface area contributed by atoms with Gasteiger partial charge in [-0.3, -0.25) is 4.79 Å². The zero-order chi connectivity index (χ0) is 16.4. The van der Waals surface area contributed by atoms with E-state index < -0.39 is 0 Å². The van der Waals surface area contributed by atoms with Crippen molar-refractivity contribution in [2.24, 2.45) is 7.05 Å². The number of carbonyl (C=O) groups is 1. The first kappa shape index (κ1) is 14.8. The summed E-state index contributed by atoms with van der Waals surface area (Å²) in [5.74, 6) is 0.0548. The Morgan fingerprint density at radius 1 is 1.22 bits per heavy atom. The molecule has 2 heterocycles. The molecule has 3 rings (SSSR count). The fraction of sp³-hybridized carbons (Fsp3) is 0.118. The Hall–Kier alpha value is -3.15. The maximum absolute atomic E-state index is 12.3. The first-order valence-corrected chi connectivity index (χ1v) is 7.18. The van der Waals surface area contributed by atoms with Crippen LogP contribution in [0.2, 0.25) is 0 Å². The number of nitrogens with two attached hydrogens (primary N) is 1. The van der Waals surface area contributed by atoms with E-state index in [4.69, 9.17) is 5.73 Å². The van der Waals surface area contributed by atoms with Crippen molar-refractivity contribution < 1.29 is 4.79 Å². The van der Waals surface area contributed by atoms with Crippen molar-refractivity contribution in [2.45, 2.75) is 0 Å². The molecule has 0 aliphatic heterocycles. The third-order valence-corrected chi connectivity index (χ3v) is 3.69.